The molecule has 0 aliphatic carbocycles. The maximum absolute atomic E-state index is 13.1. The molecule has 4 heteroatoms. The fourth-order valence-corrected chi connectivity index (χ4v) is 1.44. The zero-order valence-corrected chi connectivity index (χ0v) is 10.1. The third-order valence-corrected chi connectivity index (χ3v) is 3.16. The number of hydrogen-bond acceptors (Lipinski definition) is 2. The number of hydrogen-bond donors (Lipinski definition) is 1. The molecule has 1 rings (SSSR count). The second-order valence-electron chi connectivity index (χ2n) is 4.73. The van der Waals surface area contributed by atoms with E-state index in [0.717, 1.165) is 6.07 Å². The highest BCUT2D eigenvalue weighted by atomic mass is 19.1. The van der Waals surface area contributed by atoms with E-state index in [0.29, 0.717) is 5.56 Å². The summed E-state index contributed by atoms with van der Waals surface area (Å²) in [4.78, 5) is 1.93. The molecule has 0 bridgehead atoms. The molecular formula is C12H18F2N2. The van der Waals surface area contributed by atoms with Crippen molar-refractivity contribution in [2.45, 2.75) is 25.4 Å². The second kappa shape index (κ2) is 4.47. The highest BCUT2D eigenvalue weighted by molar-refractivity contribution is 5.24. The standard InChI is InChI=1S/C12H18F2N2/c1-12(2,16(3)4)11(15)8-5-9(13)7-10(14)6-8/h5-7,11H,15H2,1-4H3. The highest BCUT2D eigenvalue weighted by Gasteiger charge is 2.30. The van der Waals surface area contributed by atoms with Gasteiger partial charge in [0.1, 0.15) is 11.6 Å². The van der Waals surface area contributed by atoms with Crippen molar-refractivity contribution in [3.8, 4) is 0 Å². The van der Waals surface area contributed by atoms with Crippen LogP contribution in [0.2, 0.25) is 0 Å². The third kappa shape index (κ3) is 2.57. The molecule has 0 saturated heterocycles. The number of rotatable bonds is 3. The lowest BCUT2D eigenvalue weighted by atomic mass is 9.88. The lowest BCUT2D eigenvalue weighted by molar-refractivity contribution is 0.158. The molecule has 1 aromatic carbocycles. The Bertz CT molecular complexity index is 355. The van der Waals surface area contributed by atoms with Gasteiger partial charge in [0.05, 0.1) is 0 Å². The first kappa shape index (κ1) is 13.1. The summed E-state index contributed by atoms with van der Waals surface area (Å²) in [6.45, 7) is 3.86. The van der Waals surface area contributed by atoms with Gasteiger partial charge in [0, 0.05) is 17.6 Å². The summed E-state index contributed by atoms with van der Waals surface area (Å²) in [7, 11) is 3.77. The summed E-state index contributed by atoms with van der Waals surface area (Å²) >= 11 is 0. The molecule has 0 fully saturated rings. The quantitative estimate of drug-likeness (QED) is 0.860. The SMILES string of the molecule is CN(C)C(C)(C)C(N)c1cc(F)cc(F)c1. The second-order valence-corrected chi connectivity index (χ2v) is 4.73. The summed E-state index contributed by atoms with van der Waals surface area (Å²) in [6, 6.07) is 2.95. The van der Waals surface area contributed by atoms with Gasteiger partial charge < -0.3 is 10.6 Å². The molecule has 1 aromatic rings. The smallest absolute Gasteiger partial charge is 0.126 e. The first-order valence-electron chi connectivity index (χ1n) is 5.14. The van der Waals surface area contributed by atoms with Crippen LogP contribution in [0, 0.1) is 11.6 Å². The third-order valence-electron chi connectivity index (χ3n) is 3.16. The van der Waals surface area contributed by atoms with E-state index >= 15 is 0 Å². The van der Waals surface area contributed by atoms with E-state index in [9.17, 15) is 8.78 Å². The van der Waals surface area contributed by atoms with Crippen molar-refractivity contribution in [1.82, 2.24) is 4.90 Å². The van der Waals surface area contributed by atoms with Gasteiger partial charge in [0.25, 0.3) is 0 Å². The molecule has 0 aliphatic rings. The summed E-state index contributed by atoms with van der Waals surface area (Å²) < 4.78 is 26.1. The van der Waals surface area contributed by atoms with Gasteiger partial charge >= 0.3 is 0 Å². The summed E-state index contributed by atoms with van der Waals surface area (Å²) in [5.41, 5.74) is 6.13. The Balaban J connectivity index is 3.09. The van der Waals surface area contributed by atoms with Crippen molar-refractivity contribution >= 4 is 0 Å². The van der Waals surface area contributed by atoms with Crippen LogP contribution in [0.5, 0.6) is 0 Å². The van der Waals surface area contributed by atoms with Crippen molar-refractivity contribution in [3.05, 3.63) is 35.4 Å². The number of nitrogens with two attached hydrogens (primary N) is 1. The van der Waals surface area contributed by atoms with E-state index in [1.807, 2.05) is 32.8 Å². The Kier molecular flexibility index (Phi) is 3.65. The van der Waals surface area contributed by atoms with Crippen LogP contribution in [-0.4, -0.2) is 24.5 Å². The van der Waals surface area contributed by atoms with Crippen LogP contribution in [0.3, 0.4) is 0 Å². The van der Waals surface area contributed by atoms with E-state index in [-0.39, 0.29) is 5.54 Å². The Hall–Kier alpha value is -1.00. The first-order chi connectivity index (χ1) is 7.25. The van der Waals surface area contributed by atoms with Crippen LogP contribution in [0.25, 0.3) is 0 Å². The van der Waals surface area contributed by atoms with Gasteiger partial charge in [-0.05, 0) is 45.6 Å². The van der Waals surface area contributed by atoms with Crippen molar-refractivity contribution in [3.63, 3.8) is 0 Å². The normalized spacial score (nSPS) is 14.2. The Morgan fingerprint density at radius 1 is 1.12 bits per heavy atom. The minimum absolute atomic E-state index is 0.375. The van der Waals surface area contributed by atoms with Crippen LogP contribution in [0.15, 0.2) is 18.2 Å². The average Bonchev–Trinajstić information content (AvgIpc) is 2.14. The lowest BCUT2D eigenvalue weighted by Crippen LogP contribution is -2.47. The molecule has 16 heavy (non-hydrogen) atoms. The average molecular weight is 228 g/mol. The van der Waals surface area contributed by atoms with Crippen LogP contribution < -0.4 is 5.73 Å². The van der Waals surface area contributed by atoms with Gasteiger partial charge in [-0.1, -0.05) is 0 Å². The zero-order valence-electron chi connectivity index (χ0n) is 10.1. The van der Waals surface area contributed by atoms with Gasteiger partial charge in [-0.25, -0.2) is 8.78 Å². The van der Waals surface area contributed by atoms with Crippen molar-refractivity contribution in [2.75, 3.05) is 14.1 Å². The number of halogens is 2. The van der Waals surface area contributed by atoms with E-state index in [1.54, 1.807) is 0 Å². The number of nitrogens with zero attached hydrogens (tertiary/aromatic N) is 1. The van der Waals surface area contributed by atoms with Gasteiger partial charge in [0.15, 0.2) is 0 Å². The molecule has 1 unspecified atom stereocenters. The molecule has 0 spiro atoms. The van der Waals surface area contributed by atoms with Crippen molar-refractivity contribution < 1.29 is 8.78 Å². The summed E-state index contributed by atoms with van der Waals surface area (Å²) in [6.07, 6.45) is 0. The minimum Gasteiger partial charge on any atom is -0.322 e. The molecule has 1 atom stereocenters. The summed E-state index contributed by atoms with van der Waals surface area (Å²) in [5, 5.41) is 0. The molecule has 0 heterocycles. The molecule has 0 aliphatic heterocycles. The van der Waals surface area contributed by atoms with Crippen LogP contribution in [0.4, 0.5) is 8.78 Å². The Labute approximate surface area is 95.1 Å². The summed E-state index contributed by atoms with van der Waals surface area (Å²) in [5.74, 6) is -1.19. The topological polar surface area (TPSA) is 29.3 Å². The fourth-order valence-electron chi connectivity index (χ4n) is 1.44. The number of benzene rings is 1. The lowest BCUT2D eigenvalue weighted by Gasteiger charge is -2.38. The zero-order chi connectivity index (χ0) is 12.5. The first-order valence-corrected chi connectivity index (χ1v) is 5.14. The molecule has 90 valence electrons. The molecule has 0 amide bonds. The predicted octanol–water partition coefficient (Wildman–Crippen LogP) is 2.30. The van der Waals surface area contributed by atoms with E-state index in [4.69, 9.17) is 5.73 Å². The molecule has 2 N–H and O–H groups in total. The molecular weight excluding hydrogens is 210 g/mol. The largest absolute Gasteiger partial charge is 0.322 e. The van der Waals surface area contributed by atoms with Gasteiger partial charge in [-0.15, -0.1) is 0 Å². The van der Waals surface area contributed by atoms with Crippen LogP contribution in [0.1, 0.15) is 25.5 Å². The van der Waals surface area contributed by atoms with Gasteiger partial charge in [-0.3, -0.25) is 0 Å². The predicted molar refractivity (Wildman–Crippen MR) is 61.1 cm³/mol. The molecule has 0 saturated carbocycles. The Morgan fingerprint density at radius 2 is 1.56 bits per heavy atom. The van der Waals surface area contributed by atoms with Crippen molar-refractivity contribution in [1.29, 1.82) is 0 Å². The van der Waals surface area contributed by atoms with Gasteiger partial charge in [-0.2, -0.15) is 0 Å². The number of likely N-dealkylation sites (N-methyl/N-ethyl adjacent to an activating group) is 1. The minimum atomic E-state index is -0.597. The molecule has 0 radical (unpaired) electrons. The van der Waals surface area contributed by atoms with Crippen LogP contribution in [-0.2, 0) is 0 Å². The molecule has 0 aromatic heterocycles. The molecule has 2 nitrogen and oxygen atoms in total. The highest BCUT2D eigenvalue weighted by Crippen LogP contribution is 2.27. The van der Waals surface area contributed by atoms with Crippen molar-refractivity contribution in [2.24, 2.45) is 5.73 Å². The monoisotopic (exact) mass is 228 g/mol. The van der Waals surface area contributed by atoms with E-state index < -0.39 is 17.7 Å². The van der Waals surface area contributed by atoms with Crippen LogP contribution >= 0.6 is 0 Å². The van der Waals surface area contributed by atoms with Gasteiger partial charge in [0.2, 0.25) is 0 Å². The van der Waals surface area contributed by atoms with E-state index in [2.05, 4.69) is 0 Å². The Morgan fingerprint density at radius 3 is 1.94 bits per heavy atom. The van der Waals surface area contributed by atoms with E-state index in [1.165, 1.54) is 12.1 Å². The maximum Gasteiger partial charge on any atom is 0.126 e. The fraction of sp³-hybridized carbons (Fsp3) is 0.500. The maximum atomic E-state index is 13.1.